The molecule has 0 aliphatic heterocycles. The van der Waals surface area contributed by atoms with Crippen molar-refractivity contribution in [2.24, 2.45) is 17.1 Å². The Morgan fingerprint density at radius 2 is 2.00 bits per heavy atom. The molecule has 0 aromatic rings. The third-order valence-corrected chi connectivity index (χ3v) is 4.12. The summed E-state index contributed by atoms with van der Waals surface area (Å²) in [5, 5.41) is 3.19. The predicted molar refractivity (Wildman–Crippen MR) is 83.5 cm³/mol. The second-order valence-electron chi connectivity index (χ2n) is 6.28. The lowest BCUT2D eigenvalue weighted by Crippen LogP contribution is -2.51. The number of carbonyl (C=O) groups excluding carboxylic acids is 1. The molecule has 3 N–H and O–H groups in total. The number of nitrogens with one attached hydrogen (secondary N) is 1. The Balaban J connectivity index is 0.00000324. The summed E-state index contributed by atoms with van der Waals surface area (Å²) in [6.45, 7) is 7.13. The fourth-order valence-electron chi connectivity index (χ4n) is 2.95. The van der Waals surface area contributed by atoms with Crippen LogP contribution in [0.3, 0.4) is 0 Å². The quantitative estimate of drug-likeness (QED) is 0.721. The van der Waals surface area contributed by atoms with Gasteiger partial charge in [0, 0.05) is 18.0 Å². The van der Waals surface area contributed by atoms with Gasteiger partial charge in [-0.25, -0.2) is 0 Å². The summed E-state index contributed by atoms with van der Waals surface area (Å²) < 4.78 is 0. The average molecular weight is 291 g/mol. The summed E-state index contributed by atoms with van der Waals surface area (Å²) >= 11 is 0. The molecule has 19 heavy (non-hydrogen) atoms. The summed E-state index contributed by atoms with van der Waals surface area (Å²) in [5.74, 6) is 0.844. The smallest absolute Gasteiger partial charge is 0.226 e. The number of rotatable bonds is 8. The number of nitrogens with two attached hydrogens (primary N) is 1. The first-order valence-corrected chi connectivity index (χ1v) is 7.55. The van der Waals surface area contributed by atoms with Crippen molar-refractivity contribution in [1.82, 2.24) is 5.32 Å². The van der Waals surface area contributed by atoms with Crippen LogP contribution in [-0.2, 0) is 4.79 Å². The minimum Gasteiger partial charge on any atom is -0.352 e. The summed E-state index contributed by atoms with van der Waals surface area (Å²) in [4.78, 5) is 12.4. The van der Waals surface area contributed by atoms with Crippen LogP contribution in [0.1, 0.15) is 65.7 Å². The minimum atomic E-state index is -0.0756. The van der Waals surface area contributed by atoms with Crippen molar-refractivity contribution in [2.75, 3.05) is 6.54 Å². The van der Waals surface area contributed by atoms with E-state index in [1.165, 1.54) is 6.42 Å². The molecule has 1 rings (SSSR count). The average Bonchev–Trinajstić information content (AvgIpc) is 2.28. The van der Waals surface area contributed by atoms with E-state index in [-0.39, 0.29) is 29.8 Å². The Hall–Kier alpha value is -0.280. The van der Waals surface area contributed by atoms with Gasteiger partial charge in [-0.15, -0.1) is 12.4 Å². The lowest BCUT2D eigenvalue weighted by molar-refractivity contribution is -0.138. The Morgan fingerprint density at radius 3 is 2.37 bits per heavy atom. The molecule has 0 saturated heterocycles. The van der Waals surface area contributed by atoms with Crippen LogP contribution >= 0.6 is 12.4 Å². The third kappa shape index (κ3) is 5.31. The molecule has 4 heteroatoms. The van der Waals surface area contributed by atoms with Crippen LogP contribution in [0.4, 0.5) is 0 Å². The van der Waals surface area contributed by atoms with Crippen LogP contribution in [0.15, 0.2) is 0 Å². The van der Waals surface area contributed by atoms with Gasteiger partial charge in [0.2, 0.25) is 5.91 Å². The molecule has 0 bridgehead atoms. The molecule has 0 spiro atoms. The maximum absolute atomic E-state index is 12.4. The van der Waals surface area contributed by atoms with E-state index >= 15 is 0 Å². The molecule has 0 aromatic heterocycles. The number of carbonyl (C=O) groups is 1. The zero-order valence-corrected chi connectivity index (χ0v) is 13.5. The highest BCUT2D eigenvalue weighted by molar-refractivity contribution is 5.85. The topological polar surface area (TPSA) is 55.1 Å². The van der Waals surface area contributed by atoms with E-state index in [9.17, 15) is 4.79 Å². The number of hydrogen-bond donors (Lipinski definition) is 2. The summed E-state index contributed by atoms with van der Waals surface area (Å²) in [5.41, 5.74) is 5.68. The van der Waals surface area contributed by atoms with Gasteiger partial charge in [-0.2, -0.15) is 0 Å². The Labute approximate surface area is 124 Å². The third-order valence-electron chi connectivity index (χ3n) is 4.12. The van der Waals surface area contributed by atoms with Gasteiger partial charge in [-0.1, -0.05) is 40.0 Å². The number of hydrogen-bond acceptors (Lipinski definition) is 2. The van der Waals surface area contributed by atoms with Crippen LogP contribution in [-0.4, -0.2) is 18.5 Å². The van der Waals surface area contributed by atoms with Gasteiger partial charge in [0.05, 0.1) is 0 Å². The van der Waals surface area contributed by atoms with Crippen LogP contribution in [0, 0.1) is 11.3 Å². The molecule has 1 aliphatic carbocycles. The van der Waals surface area contributed by atoms with Crippen molar-refractivity contribution in [3.8, 4) is 0 Å². The Bertz CT molecular complexity index is 265. The number of amides is 1. The SMILES string of the molecule is CCCCC(CN)NC(=O)C1(CC(C)C)CCC1.Cl. The summed E-state index contributed by atoms with van der Waals surface area (Å²) in [7, 11) is 0. The lowest BCUT2D eigenvalue weighted by atomic mass is 9.64. The Morgan fingerprint density at radius 1 is 1.37 bits per heavy atom. The van der Waals surface area contributed by atoms with E-state index in [1.54, 1.807) is 0 Å². The molecular weight excluding hydrogens is 260 g/mol. The molecule has 1 atom stereocenters. The molecule has 1 fully saturated rings. The highest BCUT2D eigenvalue weighted by atomic mass is 35.5. The molecule has 0 radical (unpaired) electrons. The van der Waals surface area contributed by atoms with E-state index in [2.05, 4.69) is 26.1 Å². The van der Waals surface area contributed by atoms with Crippen LogP contribution in [0.5, 0.6) is 0 Å². The molecular formula is C15H31ClN2O. The largest absolute Gasteiger partial charge is 0.352 e. The first-order chi connectivity index (χ1) is 8.54. The summed E-state index contributed by atoms with van der Waals surface area (Å²) in [6.07, 6.45) is 7.63. The molecule has 1 amide bonds. The van der Waals surface area contributed by atoms with E-state index < -0.39 is 0 Å². The van der Waals surface area contributed by atoms with Crippen LogP contribution in [0.2, 0.25) is 0 Å². The Kier molecular flexibility index (Phi) is 8.67. The number of unbranched alkanes of at least 4 members (excludes halogenated alkanes) is 1. The van der Waals surface area contributed by atoms with E-state index in [1.807, 2.05) is 0 Å². The van der Waals surface area contributed by atoms with Crippen LogP contribution in [0.25, 0.3) is 0 Å². The van der Waals surface area contributed by atoms with Crippen molar-refractivity contribution in [3.05, 3.63) is 0 Å². The predicted octanol–water partition coefficient (Wildman–Crippen LogP) is 3.26. The molecule has 114 valence electrons. The van der Waals surface area contributed by atoms with Crippen molar-refractivity contribution in [1.29, 1.82) is 0 Å². The fourth-order valence-corrected chi connectivity index (χ4v) is 2.95. The zero-order valence-electron chi connectivity index (χ0n) is 12.7. The first kappa shape index (κ1) is 18.7. The van der Waals surface area contributed by atoms with Crippen molar-refractivity contribution >= 4 is 18.3 Å². The van der Waals surface area contributed by atoms with Gasteiger partial charge in [-0.3, -0.25) is 4.79 Å². The standard InChI is InChI=1S/C15H30N2O.ClH/c1-4-5-7-13(11-16)17-14(18)15(8-6-9-15)10-12(2)3;/h12-13H,4-11,16H2,1-3H3,(H,17,18);1H. The molecule has 1 saturated carbocycles. The minimum absolute atomic E-state index is 0. The molecule has 0 aromatic carbocycles. The van der Waals surface area contributed by atoms with Gasteiger partial charge >= 0.3 is 0 Å². The van der Waals surface area contributed by atoms with Crippen molar-refractivity contribution in [2.45, 2.75) is 71.8 Å². The maximum Gasteiger partial charge on any atom is 0.226 e. The second kappa shape index (κ2) is 8.80. The van der Waals surface area contributed by atoms with Gasteiger partial charge in [0.1, 0.15) is 0 Å². The zero-order chi connectivity index (χ0) is 13.6. The number of halogens is 1. The highest BCUT2D eigenvalue weighted by Crippen LogP contribution is 2.46. The highest BCUT2D eigenvalue weighted by Gasteiger charge is 2.44. The van der Waals surface area contributed by atoms with E-state index in [0.29, 0.717) is 12.5 Å². The fraction of sp³-hybridized carbons (Fsp3) is 0.933. The molecule has 1 aliphatic rings. The molecule has 0 heterocycles. The summed E-state index contributed by atoms with van der Waals surface area (Å²) in [6, 6.07) is 0.169. The van der Waals surface area contributed by atoms with E-state index in [0.717, 1.165) is 38.5 Å². The van der Waals surface area contributed by atoms with Gasteiger partial charge in [0.15, 0.2) is 0 Å². The van der Waals surface area contributed by atoms with Crippen molar-refractivity contribution in [3.63, 3.8) is 0 Å². The second-order valence-corrected chi connectivity index (χ2v) is 6.28. The lowest BCUT2D eigenvalue weighted by Gasteiger charge is -2.42. The molecule has 3 nitrogen and oxygen atoms in total. The van der Waals surface area contributed by atoms with Crippen molar-refractivity contribution < 1.29 is 4.79 Å². The maximum atomic E-state index is 12.4. The van der Waals surface area contributed by atoms with E-state index in [4.69, 9.17) is 5.73 Å². The first-order valence-electron chi connectivity index (χ1n) is 7.55. The van der Waals surface area contributed by atoms with Gasteiger partial charge < -0.3 is 11.1 Å². The van der Waals surface area contributed by atoms with Crippen LogP contribution < -0.4 is 11.1 Å². The van der Waals surface area contributed by atoms with Gasteiger partial charge in [-0.05, 0) is 31.6 Å². The molecule has 1 unspecified atom stereocenters. The monoisotopic (exact) mass is 290 g/mol. The van der Waals surface area contributed by atoms with Gasteiger partial charge in [0.25, 0.3) is 0 Å². The normalized spacial score (nSPS) is 18.4.